The first-order valence-electron chi connectivity index (χ1n) is 6.19. The minimum absolute atomic E-state index is 0.188. The van der Waals surface area contributed by atoms with Crippen LogP contribution in [-0.4, -0.2) is 32.9 Å². The molecule has 1 saturated heterocycles. The zero-order chi connectivity index (χ0) is 13.2. The van der Waals surface area contributed by atoms with Crippen LogP contribution in [-0.2, 0) is 16.3 Å². The summed E-state index contributed by atoms with van der Waals surface area (Å²) in [6.07, 6.45) is 4.17. The zero-order valence-electron chi connectivity index (χ0n) is 10.5. The molecule has 100 valence electrons. The van der Waals surface area contributed by atoms with Gasteiger partial charge in [-0.05, 0) is 62.0 Å². The van der Waals surface area contributed by atoms with Crippen LogP contribution in [0, 0.1) is 5.92 Å². The highest BCUT2D eigenvalue weighted by Crippen LogP contribution is 2.26. The Kier molecular flexibility index (Phi) is 3.92. The van der Waals surface area contributed by atoms with Crippen molar-refractivity contribution in [2.45, 2.75) is 24.2 Å². The number of benzene rings is 1. The van der Waals surface area contributed by atoms with Gasteiger partial charge < -0.3 is 10.4 Å². The highest BCUT2D eigenvalue weighted by molar-refractivity contribution is 7.90. The van der Waals surface area contributed by atoms with Crippen LogP contribution in [0.3, 0.4) is 0 Å². The van der Waals surface area contributed by atoms with Crippen molar-refractivity contribution < 1.29 is 13.5 Å². The highest BCUT2D eigenvalue weighted by atomic mass is 32.2. The molecule has 4 nitrogen and oxygen atoms in total. The Morgan fingerprint density at radius 1 is 1.44 bits per heavy atom. The van der Waals surface area contributed by atoms with Crippen LogP contribution in [0.15, 0.2) is 23.1 Å². The molecule has 0 radical (unpaired) electrons. The molecule has 1 aliphatic rings. The average Bonchev–Trinajstić information content (AvgIpc) is 2.32. The third-order valence-electron chi connectivity index (χ3n) is 3.39. The number of nitrogens with one attached hydrogen (secondary N) is 1. The predicted molar refractivity (Wildman–Crippen MR) is 70.5 cm³/mol. The van der Waals surface area contributed by atoms with E-state index in [0.29, 0.717) is 5.92 Å². The molecule has 1 aromatic rings. The summed E-state index contributed by atoms with van der Waals surface area (Å²) in [5.74, 6) is 0.660. The van der Waals surface area contributed by atoms with Crippen LogP contribution in [0.25, 0.3) is 0 Å². The molecule has 0 amide bonds. The van der Waals surface area contributed by atoms with Crippen LogP contribution in [0.1, 0.15) is 18.4 Å². The lowest BCUT2D eigenvalue weighted by atomic mass is 9.92. The van der Waals surface area contributed by atoms with Gasteiger partial charge in [-0.3, -0.25) is 0 Å². The number of hydrogen-bond acceptors (Lipinski definition) is 4. The lowest BCUT2D eigenvalue weighted by molar-refractivity contribution is 0.369. The average molecular weight is 269 g/mol. The zero-order valence-corrected chi connectivity index (χ0v) is 11.3. The third-order valence-corrected chi connectivity index (χ3v) is 4.50. The summed E-state index contributed by atoms with van der Waals surface area (Å²) >= 11 is 0. The fraction of sp³-hybridized carbons (Fsp3) is 0.538. The Bertz CT molecular complexity index is 519. The van der Waals surface area contributed by atoms with Crippen LogP contribution in [0.5, 0.6) is 5.75 Å². The van der Waals surface area contributed by atoms with E-state index in [1.54, 1.807) is 6.07 Å². The van der Waals surface area contributed by atoms with E-state index in [9.17, 15) is 13.5 Å². The molecule has 0 spiro atoms. The number of hydrogen-bond donors (Lipinski definition) is 2. The Labute approximate surface area is 108 Å². The molecule has 5 heteroatoms. The summed E-state index contributed by atoms with van der Waals surface area (Å²) < 4.78 is 23.0. The van der Waals surface area contributed by atoms with E-state index in [2.05, 4.69) is 5.32 Å². The molecule has 1 aromatic carbocycles. The summed E-state index contributed by atoms with van der Waals surface area (Å²) in [4.78, 5) is 0.277. The fourth-order valence-electron chi connectivity index (χ4n) is 2.37. The van der Waals surface area contributed by atoms with Gasteiger partial charge >= 0.3 is 0 Å². The van der Waals surface area contributed by atoms with E-state index in [1.807, 2.05) is 0 Å². The molecule has 2 rings (SSSR count). The summed E-state index contributed by atoms with van der Waals surface area (Å²) in [7, 11) is -3.21. The molecular weight excluding hydrogens is 250 g/mol. The van der Waals surface area contributed by atoms with Crippen molar-refractivity contribution in [1.82, 2.24) is 5.32 Å². The number of piperidine rings is 1. The van der Waals surface area contributed by atoms with Gasteiger partial charge in [-0.25, -0.2) is 8.42 Å². The van der Waals surface area contributed by atoms with E-state index in [4.69, 9.17) is 0 Å². The number of phenolic OH excluding ortho intramolecular Hbond substituents is 1. The number of sulfone groups is 1. The minimum Gasteiger partial charge on any atom is -0.508 e. The van der Waals surface area contributed by atoms with Crippen molar-refractivity contribution >= 4 is 9.84 Å². The topological polar surface area (TPSA) is 66.4 Å². The second kappa shape index (κ2) is 5.28. The maximum atomic E-state index is 11.5. The van der Waals surface area contributed by atoms with Gasteiger partial charge in [0.05, 0.1) is 4.90 Å². The Morgan fingerprint density at radius 3 is 2.83 bits per heavy atom. The van der Waals surface area contributed by atoms with E-state index < -0.39 is 9.84 Å². The largest absolute Gasteiger partial charge is 0.508 e. The first kappa shape index (κ1) is 13.4. The first-order chi connectivity index (χ1) is 8.47. The molecule has 0 aromatic heterocycles. The monoisotopic (exact) mass is 269 g/mol. The van der Waals surface area contributed by atoms with Crippen molar-refractivity contribution in [3.05, 3.63) is 23.8 Å². The normalized spacial score (nSPS) is 20.8. The quantitative estimate of drug-likeness (QED) is 0.869. The molecule has 1 atom stereocenters. The Morgan fingerprint density at radius 2 is 2.22 bits per heavy atom. The molecular formula is C13H19NO3S. The molecule has 0 bridgehead atoms. The predicted octanol–water partition coefficient (Wildman–Crippen LogP) is 1.34. The second-order valence-electron chi connectivity index (χ2n) is 4.98. The summed E-state index contributed by atoms with van der Waals surface area (Å²) in [6.45, 7) is 1.98. The van der Waals surface area contributed by atoms with Crippen LogP contribution < -0.4 is 5.32 Å². The maximum Gasteiger partial charge on any atom is 0.175 e. The lowest BCUT2D eigenvalue weighted by Crippen LogP contribution is -2.30. The molecule has 0 saturated carbocycles. The first-order valence-corrected chi connectivity index (χ1v) is 8.08. The van der Waals surface area contributed by atoms with Gasteiger partial charge in [-0.2, -0.15) is 0 Å². The summed E-state index contributed by atoms with van der Waals surface area (Å²) in [5.41, 5.74) is 0.728. The van der Waals surface area contributed by atoms with Crippen LogP contribution in [0.2, 0.25) is 0 Å². The van der Waals surface area contributed by atoms with E-state index in [1.165, 1.54) is 18.4 Å². The van der Waals surface area contributed by atoms with Gasteiger partial charge in [-0.1, -0.05) is 0 Å². The minimum atomic E-state index is -3.21. The Balaban J connectivity index is 2.21. The van der Waals surface area contributed by atoms with Crippen molar-refractivity contribution in [2.24, 2.45) is 5.92 Å². The van der Waals surface area contributed by atoms with Crippen molar-refractivity contribution in [3.8, 4) is 5.75 Å². The molecule has 2 N–H and O–H groups in total. The van der Waals surface area contributed by atoms with Crippen molar-refractivity contribution in [1.29, 1.82) is 0 Å². The van der Waals surface area contributed by atoms with Gasteiger partial charge in [0, 0.05) is 6.26 Å². The maximum absolute atomic E-state index is 11.5. The third kappa shape index (κ3) is 3.23. The fourth-order valence-corrected chi connectivity index (χ4v) is 3.04. The number of rotatable bonds is 3. The molecule has 1 fully saturated rings. The SMILES string of the molecule is CS(=O)(=O)c1ccc(O)c(CC2CCCNC2)c1. The van der Waals surface area contributed by atoms with Gasteiger partial charge in [-0.15, -0.1) is 0 Å². The van der Waals surface area contributed by atoms with E-state index >= 15 is 0 Å². The van der Waals surface area contributed by atoms with Gasteiger partial charge in [0.15, 0.2) is 9.84 Å². The summed E-state index contributed by atoms with van der Waals surface area (Å²) in [6, 6.07) is 4.52. The number of phenols is 1. The van der Waals surface area contributed by atoms with E-state index in [0.717, 1.165) is 37.9 Å². The van der Waals surface area contributed by atoms with Crippen LogP contribution in [0.4, 0.5) is 0 Å². The smallest absolute Gasteiger partial charge is 0.175 e. The molecule has 1 heterocycles. The molecule has 1 aliphatic heterocycles. The van der Waals surface area contributed by atoms with Crippen LogP contribution >= 0.6 is 0 Å². The molecule has 1 unspecified atom stereocenters. The van der Waals surface area contributed by atoms with Gasteiger partial charge in [0.2, 0.25) is 0 Å². The number of aromatic hydroxyl groups is 1. The standard InChI is InChI=1S/C13H19NO3S/c1-18(16,17)12-4-5-13(15)11(8-12)7-10-3-2-6-14-9-10/h4-5,8,10,14-15H,2-3,6-7,9H2,1H3. The highest BCUT2D eigenvalue weighted by Gasteiger charge is 2.17. The van der Waals surface area contributed by atoms with Gasteiger partial charge in [0.25, 0.3) is 0 Å². The second-order valence-corrected chi connectivity index (χ2v) is 6.99. The van der Waals surface area contributed by atoms with Gasteiger partial charge in [0.1, 0.15) is 5.75 Å². The lowest BCUT2D eigenvalue weighted by Gasteiger charge is -2.23. The van der Waals surface area contributed by atoms with Crippen molar-refractivity contribution in [3.63, 3.8) is 0 Å². The molecule has 18 heavy (non-hydrogen) atoms. The van der Waals surface area contributed by atoms with Crippen molar-refractivity contribution in [2.75, 3.05) is 19.3 Å². The molecule has 0 aliphatic carbocycles. The van der Waals surface area contributed by atoms with E-state index in [-0.39, 0.29) is 10.6 Å². The Hall–Kier alpha value is -1.07. The summed E-state index contributed by atoms with van der Waals surface area (Å²) in [5, 5.41) is 13.1.